The van der Waals surface area contributed by atoms with Gasteiger partial charge in [0.1, 0.15) is 12.0 Å². The molecule has 5 heteroatoms. The number of aromatic nitrogens is 2. The number of nitrogen functional groups attached to an aromatic ring is 1. The Hall–Kier alpha value is -1.52. The zero-order chi connectivity index (χ0) is 20.0. The lowest BCUT2D eigenvalue weighted by Crippen LogP contribution is -2.36. The molecule has 2 N–H and O–H groups in total. The number of rotatable bonds is 6. The molecule has 0 radical (unpaired) electrons. The minimum atomic E-state index is 0.361. The lowest BCUT2D eigenvalue weighted by Gasteiger charge is -2.39. The van der Waals surface area contributed by atoms with Crippen LogP contribution in [0.2, 0.25) is 0 Å². The van der Waals surface area contributed by atoms with Crippen molar-refractivity contribution in [1.82, 2.24) is 9.97 Å². The first-order valence-corrected chi connectivity index (χ1v) is 10.6. The molecule has 1 aliphatic carbocycles. The third-order valence-electron chi connectivity index (χ3n) is 6.00. The van der Waals surface area contributed by atoms with Gasteiger partial charge in [0, 0.05) is 25.7 Å². The van der Waals surface area contributed by atoms with Crippen LogP contribution in [0.4, 0.5) is 17.3 Å². The van der Waals surface area contributed by atoms with Gasteiger partial charge < -0.3 is 15.5 Å². The van der Waals surface area contributed by atoms with Crippen molar-refractivity contribution < 1.29 is 0 Å². The Morgan fingerprint density at radius 2 is 1.74 bits per heavy atom. The van der Waals surface area contributed by atoms with Gasteiger partial charge in [-0.1, -0.05) is 48.5 Å². The van der Waals surface area contributed by atoms with E-state index in [0.717, 1.165) is 37.0 Å². The summed E-state index contributed by atoms with van der Waals surface area (Å²) in [7, 11) is 0. The molecule has 1 aromatic heterocycles. The Morgan fingerprint density at radius 1 is 1.11 bits per heavy atom. The van der Waals surface area contributed by atoms with E-state index < -0.39 is 0 Å². The number of hydrogen-bond donors (Lipinski definition) is 1. The summed E-state index contributed by atoms with van der Waals surface area (Å²) in [6, 6.07) is 0.535. The Labute approximate surface area is 165 Å². The highest BCUT2D eigenvalue weighted by molar-refractivity contribution is 5.76. The van der Waals surface area contributed by atoms with Crippen LogP contribution in [-0.2, 0) is 0 Å². The molecule has 0 aromatic carbocycles. The van der Waals surface area contributed by atoms with E-state index in [1.807, 2.05) is 0 Å². The minimum absolute atomic E-state index is 0.361. The molecule has 2 bridgehead atoms. The van der Waals surface area contributed by atoms with Gasteiger partial charge in [-0.05, 0) is 41.9 Å². The van der Waals surface area contributed by atoms with Crippen LogP contribution in [0.3, 0.4) is 0 Å². The van der Waals surface area contributed by atoms with Crippen LogP contribution in [0.1, 0.15) is 67.7 Å². The highest BCUT2D eigenvalue weighted by Crippen LogP contribution is 2.54. The SMILES string of the molecule is CC(C)CN(CC(C)C)c1ncnc(N2CC3(C)CC2CC(C)(C)C3)c1N. The van der Waals surface area contributed by atoms with Gasteiger partial charge in [0.25, 0.3) is 0 Å². The van der Waals surface area contributed by atoms with E-state index in [0.29, 0.717) is 28.7 Å². The van der Waals surface area contributed by atoms with Crippen LogP contribution in [0, 0.1) is 22.7 Å². The Bertz CT molecular complexity index is 659. The van der Waals surface area contributed by atoms with Crippen molar-refractivity contribution in [1.29, 1.82) is 0 Å². The molecular formula is C22H39N5. The van der Waals surface area contributed by atoms with Crippen LogP contribution < -0.4 is 15.5 Å². The molecule has 1 aliphatic heterocycles. The van der Waals surface area contributed by atoms with Crippen molar-refractivity contribution in [2.75, 3.05) is 35.2 Å². The molecule has 2 heterocycles. The summed E-state index contributed by atoms with van der Waals surface area (Å²) in [4.78, 5) is 14.1. The van der Waals surface area contributed by atoms with Crippen molar-refractivity contribution in [3.05, 3.63) is 6.33 Å². The first kappa shape index (κ1) is 20.2. The maximum atomic E-state index is 6.70. The second-order valence-electron chi connectivity index (χ2n) is 11.0. The van der Waals surface area contributed by atoms with Crippen molar-refractivity contribution >= 4 is 17.3 Å². The van der Waals surface area contributed by atoms with E-state index >= 15 is 0 Å². The van der Waals surface area contributed by atoms with Crippen molar-refractivity contribution in [3.63, 3.8) is 0 Å². The maximum Gasteiger partial charge on any atom is 0.157 e. The molecular weight excluding hydrogens is 334 g/mol. The number of nitrogens with two attached hydrogens (primary N) is 1. The van der Waals surface area contributed by atoms with E-state index in [4.69, 9.17) is 5.73 Å². The van der Waals surface area contributed by atoms with Crippen LogP contribution in [0.25, 0.3) is 0 Å². The molecule has 2 fully saturated rings. The van der Waals surface area contributed by atoms with E-state index in [-0.39, 0.29) is 0 Å². The Morgan fingerprint density at radius 3 is 2.33 bits per heavy atom. The molecule has 3 rings (SSSR count). The first-order valence-electron chi connectivity index (χ1n) is 10.6. The van der Waals surface area contributed by atoms with Gasteiger partial charge in [0.05, 0.1) is 0 Å². The lowest BCUT2D eigenvalue weighted by molar-refractivity contribution is 0.136. The summed E-state index contributed by atoms with van der Waals surface area (Å²) in [6.07, 6.45) is 5.45. The number of fused-ring (bicyclic) bond motifs is 2. The fourth-order valence-electron chi connectivity index (χ4n) is 5.69. The van der Waals surface area contributed by atoms with Crippen LogP contribution >= 0.6 is 0 Å². The van der Waals surface area contributed by atoms with Gasteiger partial charge in [-0.2, -0.15) is 0 Å². The van der Waals surface area contributed by atoms with Gasteiger partial charge in [0.2, 0.25) is 0 Å². The quantitative estimate of drug-likeness (QED) is 0.791. The molecule has 1 aromatic rings. The molecule has 152 valence electrons. The Kier molecular flexibility index (Phi) is 5.35. The van der Waals surface area contributed by atoms with Crippen molar-refractivity contribution in [2.24, 2.45) is 22.7 Å². The average Bonchev–Trinajstić information content (AvgIpc) is 2.74. The second-order valence-corrected chi connectivity index (χ2v) is 11.0. The van der Waals surface area contributed by atoms with Crippen molar-refractivity contribution in [3.8, 4) is 0 Å². The monoisotopic (exact) mass is 373 g/mol. The largest absolute Gasteiger partial charge is 0.393 e. The summed E-state index contributed by atoms with van der Waals surface area (Å²) in [5, 5.41) is 0. The molecule has 2 aliphatic rings. The van der Waals surface area contributed by atoms with E-state index in [1.165, 1.54) is 19.3 Å². The number of hydrogen-bond acceptors (Lipinski definition) is 5. The molecule has 0 amide bonds. The van der Waals surface area contributed by atoms with Gasteiger partial charge in [0.15, 0.2) is 11.6 Å². The highest BCUT2D eigenvalue weighted by Gasteiger charge is 2.50. The van der Waals surface area contributed by atoms with E-state index in [2.05, 4.69) is 68.2 Å². The number of anilines is 3. The molecule has 27 heavy (non-hydrogen) atoms. The second kappa shape index (κ2) is 7.14. The highest BCUT2D eigenvalue weighted by atomic mass is 15.3. The summed E-state index contributed by atoms with van der Waals surface area (Å²) in [5.74, 6) is 2.98. The molecule has 1 saturated heterocycles. The average molecular weight is 374 g/mol. The van der Waals surface area contributed by atoms with E-state index in [9.17, 15) is 0 Å². The standard InChI is InChI=1S/C22H39N5/c1-15(2)10-26(11-16(3)4)19-18(23)20(25-14-24-19)27-13-22(7)9-17(27)8-21(5,6)12-22/h14-17H,8-13,23H2,1-7H3. The third-order valence-corrected chi connectivity index (χ3v) is 6.00. The summed E-state index contributed by atoms with van der Waals surface area (Å²) < 4.78 is 0. The van der Waals surface area contributed by atoms with E-state index in [1.54, 1.807) is 6.33 Å². The zero-order valence-electron chi connectivity index (χ0n) is 18.4. The predicted octanol–water partition coefficient (Wildman–Crippen LogP) is 4.58. The van der Waals surface area contributed by atoms with Gasteiger partial charge in [-0.25, -0.2) is 9.97 Å². The summed E-state index contributed by atoms with van der Waals surface area (Å²) in [5.41, 5.74) is 8.21. The van der Waals surface area contributed by atoms with Gasteiger partial charge in [-0.15, -0.1) is 0 Å². The van der Waals surface area contributed by atoms with Gasteiger partial charge >= 0.3 is 0 Å². The fraction of sp³-hybridized carbons (Fsp3) is 0.818. The first-order chi connectivity index (χ1) is 12.5. The zero-order valence-corrected chi connectivity index (χ0v) is 18.4. The molecule has 5 nitrogen and oxygen atoms in total. The fourth-order valence-corrected chi connectivity index (χ4v) is 5.69. The maximum absolute atomic E-state index is 6.70. The molecule has 2 unspecified atom stereocenters. The van der Waals surface area contributed by atoms with Gasteiger partial charge in [-0.3, -0.25) is 0 Å². The van der Waals surface area contributed by atoms with Crippen LogP contribution in [-0.4, -0.2) is 35.6 Å². The lowest BCUT2D eigenvalue weighted by atomic mass is 9.65. The summed E-state index contributed by atoms with van der Waals surface area (Å²) >= 11 is 0. The minimum Gasteiger partial charge on any atom is -0.393 e. The molecule has 0 spiro atoms. The smallest absolute Gasteiger partial charge is 0.157 e. The number of nitrogens with zero attached hydrogens (tertiary/aromatic N) is 4. The van der Waals surface area contributed by atoms with Crippen molar-refractivity contribution in [2.45, 2.75) is 73.8 Å². The van der Waals surface area contributed by atoms with Crippen LogP contribution in [0.5, 0.6) is 0 Å². The molecule has 1 saturated carbocycles. The topological polar surface area (TPSA) is 58.3 Å². The molecule has 2 atom stereocenters. The Balaban J connectivity index is 1.93. The van der Waals surface area contributed by atoms with Crippen LogP contribution in [0.15, 0.2) is 6.33 Å². The summed E-state index contributed by atoms with van der Waals surface area (Å²) in [6.45, 7) is 19.2. The third kappa shape index (κ3) is 4.33. The predicted molar refractivity (Wildman–Crippen MR) is 115 cm³/mol. The normalized spacial score (nSPS) is 26.9.